The third-order valence-corrected chi connectivity index (χ3v) is 2.22. The molecule has 0 unspecified atom stereocenters. The van der Waals surface area contributed by atoms with Crippen LogP contribution in [0.1, 0.15) is 16.6 Å². The van der Waals surface area contributed by atoms with E-state index in [1.54, 1.807) is 0 Å². The summed E-state index contributed by atoms with van der Waals surface area (Å²) in [5.41, 5.74) is 0. The molecule has 0 atom stereocenters. The summed E-state index contributed by atoms with van der Waals surface area (Å²) in [5.74, 6) is -0.115. The van der Waals surface area contributed by atoms with Crippen LogP contribution in [0.2, 0.25) is 0 Å². The predicted octanol–water partition coefficient (Wildman–Crippen LogP) is 0.307. The molecule has 2 aromatic rings. The monoisotopic (exact) mass is 240 g/mol. The van der Waals surface area contributed by atoms with Gasteiger partial charge in [0, 0.05) is 0 Å². The van der Waals surface area contributed by atoms with E-state index in [1.807, 2.05) is 6.92 Å². The average molecular weight is 240 g/mol. The van der Waals surface area contributed by atoms with E-state index in [0.29, 0.717) is 11.5 Å². The second kappa shape index (κ2) is 4.66. The van der Waals surface area contributed by atoms with Gasteiger partial charge in [0.05, 0.1) is 12.8 Å². The molecule has 2 aromatic heterocycles. The minimum Gasteiger partial charge on any atom is -0.463 e. The summed E-state index contributed by atoms with van der Waals surface area (Å²) >= 11 is 1.00. The number of anilines is 1. The van der Waals surface area contributed by atoms with Crippen LogP contribution in [0.15, 0.2) is 6.20 Å². The first kappa shape index (κ1) is 10.5. The number of ether oxygens (including phenoxy) is 1. The number of nitrogens with one attached hydrogen (secondary N) is 2. The molecule has 2 rings (SSSR count). The van der Waals surface area contributed by atoms with Crippen molar-refractivity contribution in [2.24, 2.45) is 0 Å². The molecular formula is C7H8N6O2S. The van der Waals surface area contributed by atoms with Gasteiger partial charge in [-0.3, -0.25) is 10.1 Å². The second-order valence-electron chi connectivity index (χ2n) is 2.64. The molecule has 84 valence electrons. The van der Waals surface area contributed by atoms with E-state index in [4.69, 9.17) is 4.74 Å². The van der Waals surface area contributed by atoms with Gasteiger partial charge in [0.15, 0.2) is 0 Å². The topological polar surface area (TPSA) is 106 Å². The molecule has 16 heavy (non-hydrogen) atoms. The molecule has 0 saturated heterocycles. The first-order chi connectivity index (χ1) is 7.79. The molecule has 0 aliphatic carbocycles. The Bertz CT molecular complexity index is 467. The molecule has 0 spiro atoms. The SMILES string of the molecule is CCOc1n[nH]c(NC(=O)c2cnns2)n1. The van der Waals surface area contributed by atoms with Crippen LogP contribution in [0.5, 0.6) is 6.01 Å². The van der Waals surface area contributed by atoms with Crippen LogP contribution in [0.25, 0.3) is 0 Å². The Morgan fingerprint density at radius 3 is 3.25 bits per heavy atom. The molecule has 0 aliphatic rings. The van der Waals surface area contributed by atoms with Gasteiger partial charge in [-0.2, -0.15) is 4.98 Å². The van der Waals surface area contributed by atoms with Crippen molar-refractivity contribution < 1.29 is 9.53 Å². The Balaban J connectivity index is 2.01. The Morgan fingerprint density at radius 2 is 2.56 bits per heavy atom. The molecular weight excluding hydrogens is 232 g/mol. The van der Waals surface area contributed by atoms with Gasteiger partial charge in [0.2, 0.25) is 5.95 Å². The van der Waals surface area contributed by atoms with Crippen molar-refractivity contribution in [3.8, 4) is 6.01 Å². The molecule has 9 heteroatoms. The lowest BCUT2D eigenvalue weighted by Gasteiger charge is -1.95. The van der Waals surface area contributed by atoms with Crippen molar-refractivity contribution in [3.05, 3.63) is 11.1 Å². The zero-order valence-electron chi connectivity index (χ0n) is 8.30. The number of aromatic amines is 1. The van der Waals surface area contributed by atoms with E-state index in [9.17, 15) is 4.79 Å². The molecule has 0 saturated carbocycles. The second-order valence-corrected chi connectivity index (χ2v) is 3.42. The fourth-order valence-electron chi connectivity index (χ4n) is 0.932. The summed E-state index contributed by atoms with van der Waals surface area (Å²) in [4.78, 5) is 15.8. The van der Waals surface area contributed by atoms with E-state index in [2.05, 4.69) is 30.1 Å². The van der Waals surface area contributed by atoms with Gasteiger partial charge in [0.25, 0.3) is 5.91 Å². The number of hydrogen-bond acceptors (Lipinski definition) is 7. The van der Waals surface area contributed by atoms with Gasteiger partial charge in [0.1, 0.15) is 4.88 Å². The Hall–Kier alpha value is -2.03. The number of carbonyl (C=O) groups is 1. The largest absolute Gasteiger partial charge is 0.463 e. The molecule has 0 radical (unpaired) electrons. The van der Waals surface area contributed by atoms with Crippen molar-refractivity contribution in [2.45, 2.75) is 6.92 Å². The van der Waals surface area contributed by atoms with E-state index in [-0.39, 0.29) is 17.9 Å². The molecule has 0 fully saturated rings. The van der Waals surface area contributed by atoms with E-state index in [1.165, 1.54) is 6.20 Å². The number of carbonyl (C=O) groups excluding carboxylic acids is 1. The number of aromatic nitrogens is 5. The zero-order valence-corrected chi connectivity index (χ0v) is 9.11. The molecule has 2 N–H and O–H groups in total. The van der Waals surface area contributed by atoms with Crippen LogP contribution in [-0.2, 0) is 0 Å². The van der Waals surface area contributed by atoms with Crippen LogP contribution in [0.4, 0.5) is 5.95 Å². The Labute approximate surface area is 94.2 Å². The summed E-state index contributed by atoms with van der Waals surface area (Å²) < 4.78 is 8.61. The minimum atomic E-state index is -0.339. The fraction of sp³-hybridized carbons (Fsp3) is 0.286. The maximum absolute atomic E-state index is 11.5. The van der Waals surface area contributed by atoms with E-state index in [0.717, 1.165) is 11.5 Å². The van der Waals surface area contributed by atoms with Crippen LogP contribution in [-0.4, -0.2) is 37.3 Å². The lowest BCUT2D eigenvalue weighted by molar-refractivity contribution is 0.102. The van der Waals surface area contributed by atoms with Crippen LogP contribution >= 0.6 is 11.5 Å². The third kappa shape index (κ3) is 2.31. The van der Waals surface area contributed by atoms with Crippen LogP contribution in [0.3, 0.4) is 0 Å². The van der Waals surface area contributed by atoms with Gasteiger partial charge >= 0.3 is 6.01 Å². The minimum absolute atomic E-state index is 0.195. The number of nitrogens with zero attached hydrogens (tertiary/aromatic N) is 4. The number of hydrogen-bond donors (Lipinski definition) is 2. The van der Waals surface area contributed by atoms with Gasteiger partial charge in [-0.25, -0.2) is 5.10 Å². The van der Waals surface area contributed by atoms with Gasteiger partial charge in [-0.1, -0.05) is 4.49 Å². The van der Waals surface area contributed by atoms with E-state index < -0.39 is 0 Å². The maximum Gasteiger partial charge on any atom is 0.337 e. The molecule has 0 aliphatic heterocycles. The average Bonchev–Trinajstić information content (AvgIpc) is 2.89. The highest BCUT2D eigenvalue weighted by Crippen LogP contribution is 2.08. The highest BCUT2D eigenvalue weighted by molar-refractivity contribution is 7.07. The summed E-state index contributed by atoms with van der Waals surface area (Å²) in [6, 6.07) is 0.195. The van der Waals surface area contributed by atoms with Crippen molar-refractivity contribution >= 4 is 23.4 Å². The van der Waals surface area contributed by atoms with Crippen molar-refractivity contribution in [1.29, 1.82) is 0 Å². The van der Waals surface area contributed by atoms with Crippen LogP contribution < -0.4 is 10.1 Å². The number of H-pyrrole nitrogens is 1. The number of amides is 1. The van der Waals surface area contributed by atoms with Gasteiger partial charge in [-0.05, 0) is 18.5 Å². The number of rotatable bonds is 4. The quantitative estimate of drug-likeness (QED) is 0.796. The standard InChI is InChI=1S/C7H8N6O2S/c1-2-15-7-10-6(11-12-7)9-5(14)4-3-8-13-16-4/h3H,2H2,1H3,(H2,9,10,11,12,14). The normalized spacial score (nSPS) is 10.1. The third-order valence-electron chi connectivity index (χ3n) is 1.56. The molecule has 8 nitrogen and oxygen atoms in total. The zero-order chi connectivity index (χ0) is 11.4. The lowest BCUT2D eigenvalue weighted by Crippen LogP contribution is -2.11. The molecule has 0 aromatic carbocycles. The first-order valence-corrected chi connectivity index (χ1v) is 5.21. The Kier molecular flexibility index (Phi) is 3.05. The Morgan fingerprint density at radius 1 is 1.69 bits per heavy atom. The lowest BCUT2D eigenvalue weighted by atomic mass is 10.5. The van der Waals surface area contributed by atoms with Gasteiger partial charge < -0.3 is 4.74 Å². The summed E-state index contributed by atoms with van der Waals surface area (Å²) in [7, 11) is 0. The molecule has 0 bridgehead atoms. The van der Waals surface area contributed by atoms with Crippen molar-refractivity contribution in [3.63, 3.8) is 0 Å². The highest BCUT2D eigenvalue weighted by Gasteiger charge is 2.11. The van der Waals surface area contributed by atoms with Gasteiger partial charge in [-0.15, -0.1) is 10.2 Å². The molecule has 1 amide bonds. The van der Waals surface area contributed by atoms with Crippen molar-refractivity contribution in [1.82, 2.24) is 24.8 Å². The summed E-state index contributed by atoms with van der Waals surface area (Å²) in [5, 5.41) is 12.3. The van der Waals surface area contributed by atoms with Crippen LogP contribution in [0, 0.1) is 0 Å². The highest BCUT2D eigenvalue weighted by atomic mass is 32.1. The molecule has 2 heterocycles. The van der Waals surface area contributed by atoms with Crippen molar-refractivity contribution in [2.75, 3.05) is 11.9 Å². The fourth-order valence-corrected chi connectivity index (χ4v) is 1.34. The smallest absolute Gasteiger partial charge is 0.337 e. The summed E-state index contributed by atoms with van der Waals surface area (Å²) in [6.07, 6.45) is 1.37. The maximum atomic E-state index is 11.5. The predicted molar refractivity (Wildman–Crippen MR) is 55.4 cm³/mol. The first-order valence-electron chi connectivity index (χ1n) is 4.43. The summed E-state index contributed by atoms with van der Waals surface area (Å²) in [6.45, 7) is 2.28. The van der Waals surface area contributed by atoms with E-state index >= 15 is 0 Å².